The Morgan fingerprint density at radius 3 is 2.74 bits per heavy atom. The maximum absolute atomic E-state index is 12.1. The molecule has 1 amide bonds. The molecule has 2 unspecified atom stereocenters. The minimum Gasteiger partial charge on any atom is -0.352 e. The lowest BCUT2D eigenvalue weighted by Crippen LogP contribution is -2.31. The molecule has 2 nitrogen and oxygen atoms in total. The Labute approximate surface area is 128 Å². The molecule has 104 valence electrons. The molecule has 0 bridgehead atoms. The van der Waals surface area contributed by atoms with Crippen molar-refractivity contribution in [1.82, 2.24) is 5.32 Å². The second-order valence-corrected chi connectivity index (χ2v) is 6.01. The van der Waals surface area contributed by atoms with Gasteiger partial charge in [-0.15, -0.1) is 11.6 Å². The highest BCUT2D eigenvalue weighted by atomic mass is 35.5. The molecule has 19 heavy (non-hydrogen) atoms. The Kier molecular flexibility index (Phi) is 5.37. The van der Waals surface area contributed by atoms with Crippen LogP contribution in [0.15, 0.2) is 18.2 Å². The molecule has 5 heteroatoms. The normalized spacial score (nSPS) is 22.5. The van der Waals surface area contributed by atoms with E-state index in [9.17, 15) is 4.79 Å². The quantitative estimate of drug-likeness (QED) is 0.820. The highest BCUT2D eigenvalue weighted by Crippen LogP contribution is 2.32. The molecular weight excluding hydrogens is 305 g/mol. The number of carbonyl (C=O) groups excluding carboxylic acids is 1. The van der Waals surface area contributed by atoms with Crippen molar-refractivity contribution in [3.8, 4) is 0 Å². The number of alkyl halides is 1. The molecule has 2 rings (SSSR count). The standard InChI is InChI=1S/C14H16Cl3NO/c15-7-9-3-1-4-10(9)8-18-14(19)11-5-2-6-12(16)13(11)17/h2,5-6,9-10H,1,3-4,7-8H2,(H,18,19). The SMILES string of the molecule is O=C(NCC1CCCC1CCl)c1cccc(Cl)c1Cl. The second-order valence-electron chi connectivity index (χ2n) is 4.92. The molecule has 1 saturated carbocycles. The third kappa shape index (κ3) is 3.56. The predicted octanol–water partition coefficient (Wildman–Crippen LogP) is 4.38. The van der Waals surface area contributed by atoms with Crippen molar-refractivity contribution >= 4 is 40.7 Å². The van der Waals surface area contributed by atoms with Gasteiger partial charge in [0.1, 0.15) is 0 Å². The van der Waals surface area contributed by atoms with Crippen LogP contribution in [-0.4, -0.2) is 18.3 Å². The zero-order chi connectivity index (χ0) is 13.8. The number of carbonyl (C=O) groups is 1. The van der Waals surface area contributed by atoms with Crippen molar-refractivity contribution in [2.75, 3.05) is 12.4 Å². The fourth-order valence-corrected chi connectivity index (χ4v) is 3.38. The van der Waals surface area contributed by atoms with Gasteiger partial charge in [0.25, 0.3) is 5.91 Å². The summed E-state index contributed by atoms with van der Waals surface area (Å²) in [4.78, 5) is 12.1. The summed E-state index contributed by atoms with van der Waals surface area (Å²) in [6.45, 7) is 0.652. The number of rotatable bonds is 4. The van der Waals surface area contributed by atoms with E-state index in [4.69, 9.17) is 34.8 Å². The van der Waals surface area contributed by atoms with Crippen molar-refractivity contribution in [2.45, 2.75) is 19.3 Å². The van der Waals surface area contributed by atoms with E-state index in [0.29, 0.717) is 39.9 Å². The van der Waals surface area contributed by atoms with Gasteiger partial charge in [0, 0.05) is 12.4 Å². The number of amides is 1. The zero-order valence-electron chi connectivity index (χ0n) is 10.5. The molecule has 0 aliphatic heterocycles. The fraction of sp³-hybridized carbons (Fsp3) is 0.500. The van der Waals surface area contributed by atoms with Gasteiger partial charge in [-0.1, -0.05) is 35.7 Å². The highest BCUT2D eigenvalue weighted by Gasteiger charge is 2.27. The lowest BCUT2D eigenvalue weighted by atomic mass is 9.98. The van der Waals surface area contributed by atoms with Crippen molar-refractivity contribution in [2.24, 2.45) is 11.8 Å². The molecule has 1 aliphatic rings. The van der Waals surface area contributed by atoms with E-state index in [1.165, 1.54) is 6.42 Å². The van der Waals surface area contributed by atoms with Gasteiger partial charge >= 0.3 is 0 Å². The third-order valence-corrected chi connectivity index (χ3v) is 4.95. The molecule has 1 aromatic carbocycles. The molecule has 1 aliphatic carbocycles. The molecule has 1 aromatic rings. The third-order valence-electron chi connectivity index (χ3n) is 3.74. The van der Waals surface area contributed by atoms with E-state index < -0.39 is 0 Å². The summed E-state index contributed by atoms with van der Waals surface area (Å²) in [5.41, 5.74) is 0.426. The van der Waals surface area contributed by atoms with Crippen molar-refractivity contribution in [3.63, 3.8) is 0 Å². The minimum absolute atomic E-state index is 0.173. The van der Waals surface area contributed by atoms with Gasteiger partial charge in [0.15, 0.2) is 0 Å². The van der Waals surface area contributed by atoms with Gasteiger partial charge in [-0.3, -0.25) is 4.79 Å². The summed E-state index contributed by atoms with van der Waals surface area (Å²) >= 11 is 17.9. The molecule has 0 saturated heterocycles. The van der Waals surface area contributed by atoms with Crippen LogP contribution in [0.2, 0.25) is 10.0 Å². The molecule has 1 N–H and O–H groups in total. The summed E-state index contributed by atoms with van der Waals surface area (Å²) in [6.07, 6.45) is 3.47. The Morgan fingerprint density at radius 2 is 2.00 bits per heavy atom. The van der Waals surface area contributed by atoms with E-state index in [2.05, 4.69) is 5.32 Å². The Hall–Kier alpha value is -0.440. The van der Waals surface area contributed by atoms with Crippen LogP contribution in [0, 0.1) is 11.8 Å². The summed E-state index contributed by atoms with van der Waals surface area (Å²) < 4.78 is 0. The molecule has 0 heterocycles. The zero-order valence-corrected chi connectivity index (χ0v) is 12.7. The largest absolute Gasteiger partial charge is 0.352 e. The first-order chi connectivity index (χ1) is 9.13. The highest BCUT2D eigenvalue weighted by molar-refractivity contribution is 6.43. The number of benzene rings is 1. The van der Waals surface area contributed by atoms with E-state index >= 15 is 0 Å². The smallest absolute Gasteiger partial charge is 0.252 e. The average molecular weight is 321 g/mol. The second kappa shape index (κ2) is 6.83. The number of halogens is 3. The van der Waals surface area contributed by atoms with Crippen LogP contribution in [0.3, 0.4) is 0 Å². The summed E-state index contributed by atoms with van der Waals surface area (Å²) in [6, 6.07) is 5.07. The first-order valence-electron chi connectivity index (χ1n) is 6.41. The van der Waals surface area contributed by atoms with Gasteiger partial charge < -0.3 is 5.32 Å². The summed E-state index contributed by atoms with van der Waals surface area (Å²) in [7, 11) is 0. The lowest BCUT2D eigenvalue weighted by Gasteiger charge is -2.17. The van der Waals surface area contributed by atoms with Crippen LogP contribution in [0.1, 0.15) is 29.6 Å². The molecule has 1 fully saturated rings. The van der Waals surface area contributed by atoms with E-state index in [1.807, 2.05) is 0 Å². The van der Waals surface area contributed by atoms with E-state index in [-0.39, 0.29) is 5.91 Å². The van der Waals surface area contributed by atoms with E-state index in [0.717, 1.165) is 12.8 Å². The van der Waals surface area contributed by atoms with Crippen molar-refractivity contribution in [3.05, 3.63) is 33.8 Å². The van der Waals surface area contributed by atoms with Gasteiger partial charge in [-0.2, -0.15) is 0 Å². The number of hydrogen-bond donors (Lipinski definition) is 1. The van der Waals surface area contributed by atoms with Crippen LogP contribution >= 0.6 is 34.8 Å². The first-order valence-corrected chi connectivity index (χ1v) is 7.70. The van der Waals surface area contributed by atoms with Crippen LogP contribution in [-0.2, 0) is 0 Å². The fourth-order valence-electron chi connectivity index (χ4n) is 2.58. The monoisotopic (exact) mass is 319 g/mol. The summed E-state index contributed by atoms with van der Waals surface area (Å²) in [5.74, 6) is 1.47. The van der Waals surface area contributed by atoms with Gasteiger partial charge in [0.2, 0.25) is 0 Å². The minimum atomic E-state index is -0.173. The first kappa shape index (κ1) is 15.0. The Balaban J connectivity index is 1.96. The van der Waals surface area contributed by atoms with Gasteiger partial charge in [-0.25, -0.2) is 0 Å². The van der Waals surface area contributed by atoms with Crippen LogP contribution < -0.4 is 5.32 Å². The molecule has 2 atom stereocenters. The van der Waals surface area contributed by atoms with Gasteiger partial charge in [0.05, 0.1) is 15.6 Å². The Morgan fingerprint density at radius 1 is 1.26 bits per heavy atom. The van der Waals surface area contributed by atoms with Crippen LogP contribution in [0.25, 0.3) is 0 Å². The topological polar surface area (TPSA) is 29.1 Å². The average Bonchev–Trinajstić information content (AvgIpc) is 2.86. The van der Waals surface area contributed by atoms with Crippen LogP contribution in [0.4, 0.5) is 0 Å². The maximum Gasteiger partial charge on any atom is 0.252 e. The Bertz CT molecular complexity index is 464. The predicted molar refractivity (Wildman–Crippen MR) is 80.3 cm³/mol. The lowest BCUT2D eigenvalue weighted by molar-refractivity contribution is 0.0945. The summed E-state index contributed by atoms with van der Waals surface area (Å²) in [5, 5.41) is 3.64. The van der Waals surface area contributed by atoms with Gasteiger partial charge in [-0.05, 0) is 36.8 Å². The number of hydrogen-bond acceptors (Lipinski definition) is 1. The van der Waals surface area contributed by atoms with E-state index in [1.54, 1.807) is 18.2 Å². The van der Waals surface area contributed by atoms with Crippen molar-refractivity contribution < 1.29 is 4.79 Å². The maximum atomic E-state index is 12.1. The molecular formula is C14H16Cl3NO. The van der Waals surface area contributed by atoms with Crippen LogP contribution in [0.5, 0.6) is 0 Å². The molecule has 0 spiro atoms. The molecule has 0 aromatic heterocycles. The molecule has 0 radical (unpaired) electrons. The number of nitrogens with one attached hydrogen (secondary N) is 1. The van der Waals surface area contributed by atoms with Crippen molar-refractivity contribution in [1.29, 1.82) is 0 Å².